The minimum atomic E-state index is -0.485. The summed E-state index contributed by atoms with van der Waals surface area (Å²) in [5, 5.41) is 4.44. The van der Waals surface area contributed by atoms with Crippen molar-refractivity contribution in [2.24, 2.45) is 0 Å². The topological polar surface area (TPSA) is 64.8 Å². The molecule has 0 radical (unpaired) electrons. The van der Waals surface area contributed by atoms with Crippen LogP contribution in [0.25, 0.3) is 15.7 Å². The Kier molecular flexibility index (Phi) is 6.57. The molecule has 3 aromatic rings. The molecule has 0 aliphatic heterocycles. The van der Waals surface area contributed by atoms with Gasteiger partial charge in [-0.05, 0) is 52.7 Å². The first-order chi connectivity index (χ1) is 14.0. The first-order valence-corrected chi connectivity index (χ1v) is 9.88. The molecule has 0 saturated heterocycles. The Morgan fingerprint density at radius 2 is 2.14 bits per heavy atom. The smallest absolute Gasteiger partial charge is 0.341 e. The molecule has 0 spiro atoms. The third kappa shape index (κ3) is 4.44. The minimum absolute atomic E-state index is 0.246. The number of methoxy groups -OCH3 is 1. The Hall–Kier alpha value is -2.82. The van der Waals surface area contributed by atoms with Gasteiger partial charge < -0.3 is 14.8 Å². The van der Waals surface area contributed by atoms with Crippen molar-refractivity contribution in [3.05, 3.63) is 68.6 Å². The van der Waals surface area contributed by atoms with Crippen LogP contribution in [-0.4, -0.2) is 24.7 Å². The van der Waals surface area contributed by atoms with Gasteiger partial charge in [0.05, 0.1) is 36.5 Å². The molecule has 8 heteroatoms. The summed E-state index contributed by atoms with van der Waals surface area (Å²) in [6.07, 6.45) is 1.48. The van der Waals surface area contributed by atoms with Gasteiger partial charge in [0, 0.05) is 22.6 Å². The van der Waals surface area contributed by atoms with Crippen LogP contribution in [0.5, 0.6) is 5.75 Å². The Bertz CT molecular complexity index is 1130. The standard InChI is InChI=1S/C21H17BrClN3O3/c1-4-29-21(27)15-11-26-20-14(8-13(24-2)9-16(20)22)19(15)25-10-12-5-6-18(28-3)17(23)7-12/h5-9,11H,4,10H2,1,3H3,(H,25,26). The van der Waals surface area contributed by atoms with Gasteiger partial charge in [0.1, 0.15) is 11.3 Å². The van der Waals surface area contributed by atoms with Gasteiger partial charge in [-0.1, -0.05) is 17.7 Å². The monoisotopic (exact) mass is 473 g/mol. The number of rotatable bonds is 6. The van der Waals surface area contributed by atoms with Crippen molar-refractivity contribution in [2.75, 3.05) is 19.0 Å². The molecule has 0 saturated carbocycles. The summed E-state index contributed by atoms with van der Waals surface area (Å²) < 4.78 is 11.0. The molecule has 1 N–H and O–H groups in total. The number of anilines is 1. The van der Waals surface area contributed by atoms with E-state index in [0.29, 0.717) is 49.6 Å². The van der Waals surface area contributed by atoms with Gasteiger partial charge in [-0.15, -0.1) is 0 Å². The van der Waals surface area contributed by atoms with Crippen molar-refractivity contribution in [3.63, 3.8) is 0 Å². The SMILES string of the molecule is [C-]#[N+]c1cc(Br)c2ncc(C(=O)OCC)c(NCc3ccc(OC)c(Cl)c3)c2c1. The summed E-state index contributed by atoms with van der Waals surface area (Å²) in [4.78, 5) is 20.4. The third-order valence-corrected chi connectivity index (χ3v) is 5.12. The number of fused-ring (bicyclic) bond motifs is 1. The van der Waals surface area contributed by atoms with E-state index in [9.17, 15) is 4.79 Å². The van der Waals surface area contributed by atoms with Crippen molar-refractivity contribution in [2.45, 2.75) is 13.5 Å². The second kappa shape index (κ2) is 9.12. The molecule has 2 aromatic carbocycles. The highest BCUT2D eigenvalue weighted by Gasteiger charge is 2.18. The van der Waals surface area contributed by atoms with E-state index in [1.54, 1.807) is 38.3 Å². The second-order valence-corrected chi connectivity index (χ2v) is 7.29. The number of benzene rings is 2. The fraction of sp³-hybridized carbons (Fsp3) is 0.190. The van der Waals surface area contributed by atoms with E-state index in [2.05, 4.69) is 31.1 Å². The number of halogens is 2. The Balaban J connectivity index is 2.08. The molecule has 1 aromatic heterocycles. The van der Waals surface area contributed by atoms with Crippen LogP contribution in [0.4, 0.5) is 11.4 Å². The number of ether oxygens (including phenoxy) is 2. The molecule has 0 bridgehead atoms. The number of carbonyl (C=O) groups excluding carboxylic acids is 1. The zero-order valence-corrected chi connectivity index (χ0v) is 18.1. The highest BCUT2D eigenvalue weighted by Crippen LogP contribution is 2.35. The molecule has 0 aliphatic rings. The van der Waals surface area contributed by atoms with Gasteiger partial charge in [-0.25, -0.2) is 9.64 Å². The lowest BCUT2D eigenvalue weighted by Gasteiger charge is -2.15. The van der Waals surface area contributed by atoms with Gasteiger partial charge in [0.25, 0.3) is 0 Å². The predicted octanol–water partition coefficient (Wildman–Crippen LogP) is 6.00. The van der Waals surface area contributed by atoms with Crippen LogP contribution in [0.3, 0.4) is 0 Å². The van der Waals surface area contributed by atoms with E-state index in [0.717, 1.165) is 5.56 Å². The summed E-state index contributed by atoms with van der Waals surface area (Å²) in [7, 11) is 1.56. The summed E-state index contributed by atoms with van der Waals surface area (Å²) in [5.41, 5.74) is 2.82. The van der Waals surface area contributed by atoms with Gasteiger partial charge in [-0.3, -0.25) is 4.98 Å². The highest BCUT2D eigenvalue weighted by molar-refractivity contribution is 9.10. The maximum Gasteiger partial charge on any atom is 0.341 e. The number of aromatic nitrogens is 1. The van der Waals surface area contributed by atoms with Crippen molar-refractivity contribution < 1.29 is 14.3 Å². The summed E-state index contributed by atoms with van der Waals surface area (Å²) >= 11 is 9.67. The molecule has 0 atom stereocenters. The van der Waals surface area contributed by atoms with Gasteiger partial charge in [0.15, 0.2) is 5.69 Å². The van der Waals surface area contributed by atoms with Gasteiger partial charge >= 0.3 is 5.97 Å². The average molecular weight is 475 g/mol. The van der Waals surface area contributed by atoms with Crippen LogP contribution in [0.2, 0.25) is 5.02 Å². The first kappa shape index (κ1) is 20.9. The average Bonchev–Trinajstić information content (AvgIpc) is 2.72. The molecule has 0 aliphatic carbocycles. The molecule has 148 valence electrons. The van der Waals surface area contributed by atoms with E-state index in [-0.39, 0.29) is 6.61 Å². The normalized spacial score (nSPS) is 10.4. The molecule has 3 rings (SSSR count). The Morgan fingerprint density at radius 3 is 2.79 bits per heavy atom. The predicted molar refractivity (Wildman–Crippen MR) is 117 cm³/mol. The van der Waals surface area contributed by atoms with E-state index >= 15 is 0 Å². The number of carbonyl (C=O) groups is 1. The minimum Gasteiger partial charge on any atom is -0.495 e. The van der Waals surface area contributed by atoms with Gasteiger partial charge in [-0.2, -0.15) is 0 Å². The van der Waals surface area contributed by atoms with Crippen LogP contribution >= 0.6 is 27.5 Å². The highest BCUT2D eigenvalue weighted by atomic mass is 79.9. The lowest BCUT2D eigenvalue weighted by molar-refractivity contribution is 0.0527. The lowest BCUT2D eigenvalue weighted by atomic mass is 10.1. The van der Waals surface area contributed by atoms with E-state index in [1.807, 2.05) is 6.07 Å². The summed E-state index contributed by atoms with van der Waals surface area (Å²) in [5.74, 6) is 0.101. The van der Waals surface area contributed by atoms with Crippen molar-refractivity contribution in [1.82, 2.24) is 4.98 Å². The molecule has 6 nitrogen and oxygen atoms in total. The van der Waals surface area contributed by atoms with Crippen molar-refractivity contribution in [1.29, 1.82) is 0 Å². The largest absolute Gasteiger partial charge is 0.495 e. The van der Waals surface area contributed by atoms with E-state index in [1.165, 1.54) is 6.20 Å². The van der Waals surface area contributed by atoms with E-state index < -0.39 is 5.97 Å². The molecular formula is C21H17BrClN3O3. The zero-order valence-electron chi connectivity index (χ0n) is 15.8. The van der Waals surface area contributed by atoms with Crippen LogP contribution in [-0.2, 0) is 11.3 Å². The van der Waals surface area contributed by atoms with Gasteiger partial charge in [0.2, 0.25) is 0 Å². The number of hydrogen-bond donors (Lipinski definition) is 1. The molecule has 0 fully saturated rings. The zero-order chi connectivity index (χ0) is 21.0. The van der Waals surface area contributed by atoms with Crippen molar-refractivity contribution in [3.8, 4) is 5.75 Å². The molecule has 0 unspecified atom stereocenters. The first-order valence-electron chi connectivity index (χ1n) is 8.71. The fourth-order valence-electron chi connectivity index (χ4n) is 2.87. The number of nitrogens with one attached hydrogen (secondary N) is 1. The third-order valence-electron chi connectivity index (χ3n) is 4.22. The maximum absolute atomic E-state index is 12.5. The number of hydrogen-bond acceptors (Lipinski definition) is 5. The second-order valence-electron chi connectivity index (χ2n) is 6.03. The van der Waals surface area contributed by atoms with Crippen LogP contribution < -0.4 is 10.1 Å². The van der Waals surface area contributed by atoms with Crippen molar-refractivity contribution >= 4 is 55.8 Å². The Morgan fingerprint density at radius 1 is 1.34 bits per heavy atom. The molecule has 29 heavy (non-hydrogen) atoms. The summed E-state index contributed by atoms with van der Waals surface area (Å²) in [6, 6.07) is 8.85. The fourth-order valence-corrected chi connectivity index (χ4v) is 3.70. The molecular weight excluding hydrogens is 458 g/mol. The van der Waals surface area contributed by atoms with Crippen LogP contribution in [0, 0.1) is 6.57 Å². The Labute approximate surface area is 181 Å². The quantitative estimate of drug-likeness (QED) is 0.351. The number of esters is 1. The maximum atomic E-state index is 12.5. The van der Waals surface area contributed by atoms with Crippen LogP contribution in [0.1, 0.15) is 22.8 Å². The van der Waals surface area contributed by atoms with E-state index in [4.69, 9.17) is 27.6 Å². The lowest BCUT2D eigenvalue weighted by Crippen LogP contribution is -2.11. The summed E-state index contributed by atoms with van der Waals surface area (Å²) in [6.45, 7) is 9.72. The molecule has 0 amide bonds. The molecule has 1 heterocycles. The number of nitrogens with zero attached hydrogens (tertiary/aromatic N) is 2. The van der Waals surface area contributed by atoms with Crippen LogP contribution in [0.15, 0.2) is 41.0 Å². The number of pyridine rings is 1.